The molecule has 0 bridgehead atoms. The van der Waals surface area contributed by atoms with E-state index >= 15 is 0 Å². The largest absolute Gasteiger partial charge is 0.367 e. The minimum Gasteiger partial charge on any atom is -0.367 e. The van der Waals surface area contributed by atoms with Crippen LogP contribution < -0.4 is 15.5 Å². The number of hydrogen-bond acceptors (Lipinski definition) is 7. The molecule has 0 radical (unpaired) electrons. The summed E-state index contributed by atoms with van der Waals surface area (Å²) in [6.07, 6.45) is 6.75. The second-order valence-electron chi connectivity index (χ2n) is 7.02. The molecular formula is C21H20N8O. The van der Waals surface area contributed by atoms with E-state index in [9.17, 15) is 4.79 Å². The van der Waals surface area contributed by atoms with Crippen molar-refractivity contribution in [2.45, 2.75) is 0 Å². The van der Waals surface area contributed by atoms with Crippen molar-refractivity contribution in [2.24, 2.45) is 0 Å². The number of aromatic amines is 1. The number of fused-ring (bicyclic) bond motifs is 1. The number of benzene rings is 1. The van der Waals surface area contributed by atoms with Gasteiger partial charge in [-0.25, -0.2) is 9.97 Å². The Balaban J connectivity index is 1.40. The molecule has 0 spiro atoms. The van der Waals surface area contributed by atoms with Crippen molar-refractivity contribution in [1.82, 2.24) is 30.5 Å². The van der Waals surface area contributed by atoms with Crippen molar-refractivity contribution >= 4 is 28.2 Å². The Hall–Kier alpha value is -3.85. The van der Waals surface area contributed by atoms with Crippen LogP contribution in [0.1, 0.15) is 10.5 Å². The van der Waals surface area contributed by atoms with Crippen molar-refractivity contribution in [3.8, 4) is 11.4 Å². The van der Waals surface area contributed by atoms with E-state index in [1.165, 1.54) is 0 Å². The molecule has 0 unspecified atom stereocenters. The van der Waals surface area contributed by atoms with Gasteiger partial charge in [-0.05, 0) is 30.3 Å². The predicted octanol–water partition coefficient (Wildman–Crippen LogP) is 2.08. The van der Waals surface area contributed by atoms with Gasteiger partial charge in [-0.15, -0.1) is 0 Å². The van der Waals surface area contributed by atoms with Crippen LogP contribution in [0, 0.1) is 0 Å². The maximum Gasteiger partial charge on any atom is 0.274 e. The molecule has 1 fully saturated rings. The molecule has 5 rings (SSSR count). The Morgan fingerprint density at radius 1 is 1.07 bits per heavy atom. The molecule has 4 heterocycles. The Morgan fingerprint density at radius 3 is 2.87 bits per heavy atom. The van der Waals surface area contributed by atoms with Crippen LogP contribution in [-0.4, -0.2) is 57.2 Å². The maximum absolute atomic E-state index is 12.9. The molecule has 9 heteroatoms. The second kappa shape index (κ2) is 7.88. The van der Waals surface area contributed by atoms with E-state index in [0.29, 0.717) is 17.2 Å². The maximum atomic E-state index is 12.9. The molecule has 3 aromatic heterocycles. The first-order valence-corrected chi connectivity index (χ1v) is 9.75. The average molecular weight is 400 g/mol. The third kappa shape index (κ3) is 3.58. The number of nitrogens with one attached hydrogen (secondary N) is 3. The SMILES string of the molecule is O=C(Nc1cnccc1N1CCNCC1)c1ccnc(-c2ccc3[nH]ncc3c2)n1. The minimum absolute atomic E-state index is 0.294. The fourth-order valence-electron chi connectivity index (χ4n) is 3.56. The summed E-state index contributed by atoms with van der Waals surface area (Å²) in [7, 11) is 0. The first kappa shape index (κ1) is 18.2. The van der Waals surface area contributed by atoms with E-state index < -0.39 is 0 Å². The van der Waals surface area contributed by atoms with Gasteiger partial charge in [0.2, 0.25) is 0 Å². The monoisotopic (exact) mass is 400 g/mol. The van der Waals surface area contributed by atoms with Crippen molar-refractivity contribution in [2.75, 3.05) is 36.4 Å². The zero-order valence-electron chi connectivity index (χ0n) is 16.2. The fourth-order valence-corrected chi connectivity index (χ4v) is 3.56. The summed E-state index contributed by atoms with van der Waals surface area (Å²) in [5.74, 6) is 0.187. The average Bonchev–Trinajstić information content (AvgIpc) is 3.28. The lowest BCUT2D eigenvalue weighted by molar-refractivity contribution is 0.102. The number of piperazine rings is 1. The molecule has 4 aromatic rings. The Labute approximate surface area is 172 Å². The molecule has 1 aromatic carbocycles. The summed E-state index contributed by atoms with van der Waals surface area (Å²) in [4.78, 5) is 28.1. The molecule has 1 saturated heterocycles. The lowest BCUT2D eigenvalue weighted by Crippen LogP contribution is -2.43. The first-order valence-electron chi connectivity index (χ1n) is 9.75. The van der Waals surface area contributed by atoms with Gasteiger partial charge in [0.25, 0.3) is 5.91 Å². The quantitative estimate of drug-likeness (QED) is 0.481. The van der Waals surface area contributed by atoms with Gasteiger partial charge in [0, 0.05) is 49.5 Å². The highest BCUT2D eigenvalue weighted by atomic mass is 16.1. The van der Waals surface area contributed by atoms with Gasteiger partial charge in [0.15, 0.2) is 5.82 Å². The fraction of sp³-hybridized carbons (Fsp3) is 0.190. The van der Waals surface area contributed by atoms with Gasteiger partial charge < -0.3 is 15.5 Å². The predicted molar refractivity (Wildman–Crippen MR) is 114 cm³/mol. The number of nitrogens with zero attached hydrogens (tertiary/aromatic N) is 5. The highest BCUT2D eigenvalue weighted by Gasteiger charge is 2.17. The summed E-state index contributed by atoms with van der Waals surface area (Å²) in [6.45, 7) is 3.57. The second-order valence-corrected chi connectivity index (χ2v) is 7.02. The number of carbonyl (C=O) groups excluding carboxylic acids is 1. The molecule has 1 aliphatic heterocycles. The zero-order chi connectivity index (χ0) is 20.3. The van der Waals surface area contributed by atoms with Crippen LogP contribution in [0.15, 0.2) is 55.1 Å². The highest BCUT2D eigenvalue weighted by molar-refractivity contribution is 6.04. The van der Waals surface area contributed by atoms with Crippen LogP contribution in [0.2, 0.25) is 0 Å². The molecule has 1 aliphatic rings. The van der Waals surface area contributed by atoms with Crippen molar-refractivity contribution in [3.63, 3.8) is 0 Å². The van der Waals surface area contributed by atoms with Gasteiger partial charge in [-0.2, -0.15) is 5.10 Å². The third-order valence-electron chi connectivity index (χ3n) is 5.09. The van der Waals surface area contributed by atoms with E-state index in [-0.39, 0.29) is 5.91 Å². The van der Waals surface area contributed by atoms with Gasteiger partial charge in [0.05, 0.1) is 29.3 Å². The van der Waals surface area contributed by atoms with E-state index in [1.807, 2.05) is 24.3 Å². The number of pyridine rings is 1. The number of rotatable bonds is 4. The van der Waals surface area contributed by atoms with E-state index in [4.69, 9.17) is 0 Å². The molecule has 150 valence electrons. The number of carbonyl (C=O) groups is 1. The van der Waals surface area contributed by atoms with Gasteiger partial charge in [0.1, 0.15) is 5.69 Å². The van der Waals surface area contributed by atoms with Gasteiger partial charge in [-0.1, -0.05) is 0 Å². The Kier molecular flexibility index (Phi) is 4.78. The van der Waals surface area contributed by atoms with Crippen LogP contribution >= 0.6 is 0 Å². The van der Waals surface area contributed by atoms with Crippen LogP contribution in [0.5, 0.6) is 0 Å². The summed E-state index contributed by atoms with van der Waals surface area (Å²) < 4.78 is 0. The first-order chi connectivity index (χ1) is 14.8. The Morgan fingerprint density at radius 2 is 1.97 bits per heavy atom. The number of anilines is 2. The third-order valence-corrected chi connectivity index (χ3v) is 5.09. The van der Waals surface area contributed by atoms with E-state index in [1.54, 1.807) is 30.9 Å². The summed E-state index contributed by atoms with van der Waals surface area (Å²) >= 11 is 0. The lowest BCUT2D eigenvalue weighted by atomic mass is 10.1. The van der Waals surface area contributed by atoms with Crippen LogP contribution in [0.3, 0.4) is 0 Å². The molecular weight excluding hydrogens is 380 g/mol. The molecule has 0 atom stereocenters. The molecule has 0 saturated carbocycles. The molecule has 30 heavy (non-hydrogen) atoms. The minimum atomic E-state index is -0.299. The molecule has 0 aliphatic carbocycles. The highest BCUT2D eigenvalue weighted by Crippen LogP contribution is 2.26. The summed E-state index contributed by atoms with van der Waals surface area (Å²) in [5.41, 5.74) is 3.68. The number of aromatic nitrogens is 5. The lowest BCUT2D eigenvalue weighted by Gasteiger charge is -2.30. The summed E-state index contributed by atoms with van der Waals surface area (Å²) in [5, 5.41) is 14.2. The Bertz CT molecular complexity index is 1200. The number of H-pyrrole nitrogens is 1. The summed E-state index contributed by atoms with van der Waals surface area (Å²) in [6, 6.07) is 9.30. The molecule has 9 nitrogen and oxygen atoms in total. The van der Waals surface area contributed by atoms with Crippen LogP contribution in [0.25, 0.3) is 22.3 Å². The topological polar surface area (TPSA) is 112 Å². The number of hydrogen-bond donors (Lipinski definition) is 3. The van der Waals surface area contributed by atoms with Gasteiger partial charge >= 0.3 is 0 Å². The van der Waals surface area contributed by atoms with Crippen molar-refractivity contribution in [3.05, 3.63) is 60.8 Å². The van der Waals surface area contributed by atoms with Gasteiger partial charge in [-0.3, -0.25) is 14.9 Å². The smallest absolute Gasteiger partial charge is 0.274 e. The molecule has 3 N–H and O–H groups in total. The van der Waals surface area contributed by atoms with E-state index in [0.717, 1.165) is 48.3 Å². The van der Waals surface area contributed by atoms with Crippen LogP contribution in [-0.2, 0) is 0 Å². The standard InChI is InChI=1S/C21H20N8O/c30-21(27-18-13-23-5-4-19(18)29-9-7-22-8-10-29)17-3-6-24-20(26-17)14-1-2-16-15(11-14)12-25-28-16/h1-6,11-13,22H,7-10H2,(H,25,28)(H,27,30). The van der Waals surface area contributed by atoms with Crippen molar-refractivity contribution in [1.29, 1.82) is 0 Å². The number of amides is 1. The van der Waals surface area contributed by atoms with Crippen molar-refractivity contribution < 1.29 is 4.79 Å². The normalized spacial score (nSPS) is 14.1. The molecule has 1 amide bonds. The zero-order valence-corrected chi connectivity index (χ0v) is 16.2. The van der Waals surface area contributed by atoms with Crippen LogP contribution in [0.4, 0.5) is 11.4 Å². The van der Waals surface area contributed by atoms with E-state index in [2.05, 4.69) is 40.7 Å².